The predicted molar refractivity (Wildman–Crippen MR) is 85.0 cm³/mol. The minimum atomic E-state index is -1.26. The predicted octanol–water partition coefficient (Wildman–Crippen LogP) is 0.757. The van der Waals surface area contributed by atoms with Gasteiger partial charge in [-0.15, -0.1) is 0 Å². The van der Waals surface area contributed by atoms with E-state index < -0.39 is 12.3 Å². The summed E-state index contributed by atoms with van der Waals surface area (Å²) in [6, 6.07) is 0.343. The fourth-order valence-corrected chi connectivity index (χ4v) is 3.79. The second-order valence-electron chi connectivity index (χ2n) is 6.79. The normalized spacial score (nSPS) is 35.9. The Kier molecular flexibility index (Phi) is 4.78. The van der Waals surface area contributed by atoms with Crippen molar-refractivity contribution in [3.8, 4) is 0 Å². The smallest absolute Gasteiger partial charge is 0.407 e. The molecular weight excluding hydrogens is 329 g/mol. The van der Waals surface area contributed by atoms with Gasteiger partial charge in [0.1, 0.15) is 12.8 Å². The number of hydrazine groups is 1. The molecule has 5 atom stereocenters. The highest BCUT2D eigenvalue weighted by Crippen LogP contribution is 2.38. The third-order valence-electron chi connectivity index (χ3n) is 5.06. The van der Waals surface area contributed by atoms with Crippen LogP contribution in [-0.2, 0) is 16.1 Å². The third kappa shape index (κ3) is 3.73. The molecule has 3 heterocycles. The van der Waals surface area contributed by atoms with Crippen LogP contribution in [0.2, 0.25) is 0 Å². The molecule has 25 heavy (non-hydrogen) atoms. The summed E-state index contributed by atoms with van der Waals surface area (Å²) >= 11 is 0. The number of nitrogens with zero attached hydrogens (tertiary/aromatic N) is 2. The summed E-state index contributed by atoms with van der Waals surface area (Å²) in [5.41, 5.74) is 8.00. The fraction of sp³-hybridized carbons (Fsp3) is 0.688. The molecule has 136 valence electrons. The number of amides is 1. The van der Waals surface area contributed by atoms with Crippen LogP contribution in [-0.4, -0.2) is 47.5 Å². The van der Waals surface area contributed by atoms with Gasteiger partial charge in [-0.25, -0.2) is 19.6 Å². The van der Waals surface area contributed by atoms with E-state index in [-0.39, 0.29) is 31.9 Å². The van der Waals surface area contributed by atoms with Crippen LogP contribution < -0.4 is 16.2 Å². The summed E-state index contributed by atoms with van der Waals surface area (Å²) in [4.78, 5) is 20.5. The van der Waals surface area contributed by atoms with Crippen molar-refractivity contribution < 1.29 is 18.7 Å². The number of aromatic nitrogens is 2. The first-order chi connectivity index (χ1) is 12.2. The standard InChI is InChI=1S/C16H22FN5O3/c17-9-4-19-16(23)25-8-10-5-18-6-14(20-10)15-12-3-11(24-7-9)1-2-13(12)21-22-15/h5-6,9,11-13,15,21-22H,1-4,7-8H2,(H,19,23)/t9-,11?,12?,13?,15?/m1/s1. The van der Waals surface area contributed by atoms with Crippen molar-refractivity contribution >= 4 is 6.09 Å². The molecule has 9 heteroatoms. The van der Waals surface area contributed by atoms with Gasteiger partial charge in [0.05, 0.1) is 49.1 Å². The van der Waals surface area contributed by atoms with Crippen LogP contribution in [0.4, 0.5) is 9.18 Å². The number of ether oxygens (including phenoxy) is 2. The van der Waals surface area contributed by atoms with E-state index in [1.807, 2.05) is 0 Å². The number of carbonyl (C=O) groups excluding carboxylic acids is 1. The number of alkyl carbamates (subject to hydrolysis) is 1. The number of cyclic esters (lactones) is 1. The number of hydrogen-bond acceptors (Lipinski definition) is 7. The molecule has 4 rings (SSSR count). The first-order valence-electron chi connectivity index (χ1n) is 8.67. The fourth-order valence-electron chi connectivity index (χ4n) is 3.79. The molecule has 4 bridgehead atoms. The molecular formula is C16H22FN5O3. The Morgan fingerprint density at radius 2 is 2.16 bits per heavy atom. The van der Waals surface area contributed by atoms with Crippen molar-refractivity contribution in [2.45, 2.75) is 50.2 Å². The van der Waals surface area contributed by atoms with Crippen LogP contribution in [0.3, 0.4) is 0 Å². The Morgan fingerprint density at radius 3 is 3.08 bits per heavy atom. The van der Waals surface area contributed by atoms with Gasteiger partial charge < -0.3 is 14.8 Å². The molecule has 2 fully saturated rings. The Morgan fingerprint density at radius 1 is 1.24 bits per heavy atom. The van der Waals surface area contributed by atoms with Crippen LogP contribution in [0.25, 0.3) is 0 Å². The quantitative estimate of drug-likeness (QED) is 0.635. The Bertz CT molecular complexity index is 634. The van der Waals surface area contributed by atoms with Gasteiger partial charge in [0.15, 0.2) is 0 Å². The number of halogens is 1. The van der Waals surface area contributed by atoms with Gasteiger partial charge in [-0.3, -0.25) is 10.4 Å². The second-order valence-corrected chi connectivity index (χ2v) is 6.79. The molecule has 3 aliphatic rings. The molecule has 1 saturated heterocycles. The van der Waals surface area contributed by atoms with Crippen LogP contribution in [0.1, 0.15) is 36.7 Å². The van der Waals surface area contributed by atoms with Gasteiger partial charge in [0, 0.05) is 12.0 Å². The molecule has 0 aromatic carbocycles. The van der Waals surface area contributed by atoms with E-state index in [0.717, 1.165) is 25.0 Å². The summed E-state index contributed by atoms with van der Waals surface area (Å²) in [7, 11) is 0. The van der Waals surface area contributed by atoms with Gasteiger partial charge in [-0.1, -0.05) is 0 Å². The van der Waals surface area contributed by atoms with E-state index in [1.165, 1.54) is 0 Å². The summed E-state index contributed by atoms with van der Waals surface area (Å²) in [5.74, 6) is 0.298. The maximum Gasteiger partial charge on any atom is 0.407 e. The van der Waals surface area contributed by atoms with Crippen molar-refractivity contribution in [2.75, 3.05) is 13.2 Å². The van der Waals surface area contributed by atoms with Gasteiger partial charge >= 0.3 is 6.09 Å². The lowest BCUT2D eigenvalue weighted by atomic mass is 9.79. The van der Waals surface area contributed by atoms with Crippen molar-refractivity contribution in [2.24, 2.45) is 5.92 Å². The van der Waals surface area contributed by atoms with Gasteiger partial charge in [0.2, 0.25) is 0 Å². The molecule has 0 radical (unpaired) electrons. The summed E-state index contributed by atoms with van der Waals surface area (Å²) in [6.07, 6.45) is 4.05. The third-order valence-corrected chi connectivity index (χ3v) is 5.06. The zero-order chi connectivity index (χ0) is 17.2. The maximum absolute atomic E-state index is 13.9. The van der Waals surface area contributed by atoms with Gasteiger partial charge in [0.25, 0.3) is 0 Å². The number of fused-ring (bicyclic) bond motifs is 4. The van der Waals surface area contributed by atoms with Crippen LogP contribution >= 0.6 is 0 Å². The van der Waals surface area contributed by atoms with Crippen molar-refractivity contribution in [1.29, 1.82) is 0 Å². The summed E-state index contributed by atoms with van der Waals surface area (Å²) in [6.45, 7) is -0.159. The van der Waals surface area contributed by atoms with Crippen LogP contribution in [0, 0.1) is 5.92 Å². The highest BCUT2D eigenvalue weighted by atomic mass is 19.1. The Hall–Kier alpha value is -1.84. The van der Waals surface area contributed by atoms with Gasteiger partial charge in [-0.2, -0.15) is 0 Å². The SMILES string of the molecule is O=C1NC[C@@H](F)COC2CCC3NNC(c4cncc(n4)CO1)C3C2. The molecule has 2 aliphatic heterocycles. The molecule has 3 N–H and O–H groups in total. The van der Waals surface area contributed by atoms with E-state index in [0.29, 0.717) is 17.7 Å². The van der Waals surface area contributed by atoms with E-state index in [2.05, 4.69) is 26.1 Å². The van der Waals surface area contributed by atoms with Crippen molar-refractivity contribution in [3.05, 3.63) is 23.8 Å². The highest BCUT2D eigenvalue weighted by Gasteiger charge is 2.42. The molecule has 1 aromatic rings. The summed E-state index contributed by atoms with van der Waals surface area (Å²) in [5, 5.41) is 2.41. The molecule has 1 amide bonds. The lowest BCUT2D eigenvalue weighted by Crippen LogP contribution is -2.39. The Balaban J connectivity index is 1.58. The molecule has 1 aromatic heterocycles. The first kappa shape index (κ1) is 16.6. The molecule has 4 unspecified atom stereocenters. The average molecular weight is 351 g/mol. The lowest BCUT2D eigenvalue weighted by molar-refractivity contribution is -0.0157. The summed E-state index contributed by atoms with van der Waals surface area (Å²) < 4.78 is 24.8. The zero-order valence-electron chi connectivity index (χ0n) is 13.8. The van der Waals surface area contributed by atoms with E-state index >= 15 is 0 Å². The zero-order valence-corrected chi connectivity index (χ0v) is 13.8. The highest BCUT2D eigenvalue weighted by molar-refractivity contribution is 5.67. The topological polar surface area (TPSA) is 97.4 Å². The molecule has 1 saturated carbocycles. The number of hydrogen-bond donors (Lipinski definition) is 3. The molecule has 0 spiro atoms. The minimum Gasteiger partial charge on any atom is -0.443 e. The lowest BCUT2D eigenvalue weighted by Gasteiger charge is -2.33. The van der Waals surface area contributed by atoms with E-state index in [1.54, 1.807) is 12.4 Å². The average Bonchev–Trinajstić information content (AvgIpc) is 3.06. The van der Waals surface area contributed by atoms with Crippen molar-refractivity contribution in [1.82, 2.24) is 26.1 Å². The first-order valence-corrected chi connectivity index (χ1v) is 8.67. The van der Waals surface area contributed by atoms with Crippen LogP contribution in [0.15, 0.2) is 12.4 Å². The minimum absolute atomic E-state index is 0.00298. The van der Waals surface area contributed by atoms with E-state index in [4.69, 9.17) is 9.47 Å². The van der Waals surface area contributed by atoms with E-state index in [9.17, 15) is 9.18 Å². The molecule has 1 aliphatic carbocycles. The molecule has 8 nitrogen and oxygen atoms in total. The monoisotopic (exact) mass is 351 g/mol. The van der Waals surface area contributed by atoms with Crippen molar-refractivity contribution in [3.63, 3.8) is 0 Å². The number of alkyl halides is 1. The number of carbonyl (C=O) groups is 1. The number of nitrogens with one attached hydrogen (secondary N) is 3. The Labute approximate surface area is 144 Å². The van der Waals surface area contributed by atoms with Gasteiger partial charge in [-0.05, 0) is 19.3 Å². The number of rotatable bonds is 0. The maximum atomic E-state index is 13.9. The largest absolute Gasteiger partial charge is 0.443 e. The van der Waals surface area contributed by atoms with Crippen LogP contribution in [0.5, 0.6) is 0 Å². The second kappa shape index (κ2) is 7.19.